The monoisotopic (exact) mass is 277 g/mol. The van der Waals surface area contributed by atoms with E-state index in [1.165, 1.54) is 11.3 Å². The molecule has 2 rings (SSSR count). The second kappa shape index (κ2) is 6.23. The summed E-state index contributed by atoms with van der Waals surface area (Å²) in [5.41, 5.74) is 0.722. The van der Waals surface area contributed by atoms with Crippen molar-refractivity contribution in [3.05, 3.63) is 21.9 Å². The summed E-state index contributed by atoms with van der Waals surface area (Å²) >= 11 is 1.45. The van der Waals surface area contributed by atoms with Crippen molar-refractivity contribution in [2.75, 3.05) is 13.2 Å². The maximum Gasteiger partial charge on any atom is 0.255 e. The zero-order valence-electron chi connectivity index (χ0n) is 11.3. The second-order valence-electron chi connectivity index (χ2n) is 5.11. The van der Waals surface area contributed by atoms with E-state index in [0.717, 1.165) is 29.8 Å². The third kappa shape index (κ3) is 3.17. The summed E-state index contributed by atoms with van der Waals surface area (Å²) in [5, 5.41) is 10.5. The number of likely N-dealkylation sites (tertiary alicyclic amines) is 1. The van der Waals surface area contributed by atoms with Crippen LogP contribution in [0.1, 0.15) is 41.9 Å². The van der Waals surface area contributed by atoms with Gasteiger partial charge in [0.25, 0.3) is 5.91 Å². The molecule has 0 radical (unpaired) electrons. The third-order valence-electron chi connectivity index (χ3n) is 3.47. The lowest BCUT2D eigenvalue weighted by Gasteiger charge is -2.27. The SMILES string of the molecule is CC(C)C1CCCN1C(=O)c1csc(C#CCO)c1. The van der Waals surface area contributed by atoms with Crippen LogP contribution >= 0.6 is 11.3 Å². The van der Waals surface area contributed by atoms with Crippen LogP contribution in [0.3, 0.4) is 0 Å². The predicted molar refractivity (Wildman–Crippen MR) is 77.2 cm³/mol. The number of aliphatic hydroxyl groups is 1. The molecule has 0 bridgehead atoms. The van der Waals surface area contributed by atoms with Crippen LogP contribution in [-0.2, 0) is 0 Å². The normalized spacial score (nSPS) is 18.5. The fourth-order valence-corrected chi connectivity index (χ4v) is 3.29. The van der Waals surface area contributed by atoms with Crippen molar-refractivity contribution in [2.24, 2.45) is 5.92 Å². The fourth-order valence-electron chi connectivity index (χ4n) is 2.54. The molecule has 1 aromatic heterocycles. The van der Waals surface area contributed by atoms with Crippen molar-refractivity contribution < 1.29 is 9.90 Å². The van der Waals surface area contributed by atoms with Crippen LogP contribution < -0.4 is 0 Å². The minimum absolute atomic E-state index is 0.115. The second-order valence-corrected chi connectivity index (χ2v) is 6.02. The minimum Gasteiger partial charge on any atom is -0.384 e. The molecule has 1 saturated heterocycles. The van der Waals surface area contributed by atoms with E-state index in [0.29, 0.717) is 12.0 Å². The van der Waals surface area contributed by atoms with Crippen molar-refractivity contribution in [1.82, 2.24) is 4.90 Å². The zero-order chi connectivity index (χ0) is 13.8. The van der Waals surface area contributed by atoms with Gasteiger partial charge in [0.15, 0.2) is 0 Å². The molecular formula is C15H19NO2S. The summed E-state index contributed by atoms with van der Waals surface area (Å²) in [6.45, 7) is 5.04. The van der Waals surface area contributed by atoms with E-state index in [1.54, 1.807) is 0 Å². The van der Waals surface area contributed by atoms with Crippen LogP contribution in [0.25, 0.3) is 0 Å². The summed E-state index contributed by atoms with van der Waals surface area (Å²) in [7, 11) is 0. The molecule has 1 amide bonds. The molecule has 0 aromatic carbocycles. The standard InChI is InChI=1S/C15H19NO2S/c1-11(2)14-6-3-7-16(14)15(18)12-9-13(19-10-12)5-4-8-17/h9-11,14,17H,3,6-8H2,1-2H3. The van der Waals surface area contributed by atoms with E-state index in [9.17, 15) is 4.79 Å². The number of hydrogen-bond acceptors (Lipinski definition) is 3. The summed E-state index contributed by atoms with van der Waals surface area (Å²) < 4.78 is 0. The van der Waals surface area contributed by atoms with Gasteiger partial charge in [0.1, 0.15) is 6.61 Å². The van der Waals surface area contributed by atoms with Crippen LogP contribution in [-0.4, -0.2) is 35.1 Å². The van der Waals surface area contributed by atoms with Gasteiger partial charge in [-0.25, -0.2) is 0 Å². The summed E-state index contributed by atoms with van der Waals surface area (Å²) in [6, 6.07) is 2.19. The van der Waals surface area contributed by atoms with Crippen molar-refractivity contribution in [3.8, 4) is 11.8 Å². The van der Waals surface area contributed by atoms with E-state index >= 15 is 0 Å². The van der Waals surface area contributed by atoms with E-state index < -0.39 is 0 Å². The van der Waals surface area contributed by atoms with Gasteiger partial charge in [-0.2, -0.15) is 0 Å². The van der Waals surface area contributed by atoms with Crippen molar-refractivity contribution in [3.63, 3.8) is 0 Å². The zero-order valence-corrected chi connectivity index (χ0v) is 12.2. The van der Waals surface area contributed by atoms with E-state index in [-0.39, 0.29) is 12.5 Å². The first-order chi connectivity index (χ1) is 9.13. The van der Waals surface area contributed by atoms with Crippen LogP contribution in [0.5, 0.6) is 0 Å². The molecule has 1 fully saturated rings. The molecule has 1 aliphatic rings. The first kappa shape index (κ1) is 14.1. The first-order valence-corrected chi connectivity index (χ1v) is 7.50. The molecule has 4 heteroatoms. The molecule has 0 spiro atoms. The van der Waals surface area contributed by atoms with Crippen LogP contribution in [0.4, 0.5) is 0 Å². The number of rotatable bonds is 2. The van der Waals surface area contributed by atoms with Crippen molar-refractivity contribution in [1.29, 1.82) is 0 Å². The third-order valence-corrected chi connectivity index (χ3v) is 4.31. The highest BCUT2D eigenvalue weighted by Gasteiger charge is 2.31. The molecule has 19 heavy (non-hydrogen) atoms. The Morgan fingerprint density at radius 3 is 3.11 bits per heavy atom. The Morgan fingerprint density at radius 1 is 1.63 bits per heavy atom. The summed E-state index contributed by atoms with van der Waals surface area (Å²) in [4.78, 5) is 15.3. The highest BCUT2D eigenvalue weighted by Crippen LogP contribution is 2.26. The molecule has 1 unspecified atom stereocenters. The Hall–Kier alpha value is -1.31. The Kier molecular flexibility index (Phi) is 4.62. The Labute approximate surface area is 118 Å². The Balaban J connectivity index is 2.13. The molecule has 102 valence electrons. The first-order valence-electron chi connectivity index (χ1n) is 6.62. The molecule has 1 aromatic rings. The van der Waals surface area contributed by atoms with Gasteiger partial charge in [-0.05, 0) is 24.8 Å². The van der Waals surface area contributed by atoms with Crippen molar-refractivity contribution >= 4 is 17.2 Å². The van der Waals surface area contributed by atoms with Gasteiger partial charge in [0.2, 0.25) is 0 Å². The number of nitrogens with zero attached hydrogens (tertiary/aromatic N) is 1. The van der Waals surface area contributed by atoms with Gasteiger partial charge in [0.05, 0.1) is 10.4 Å². The number of carbonyl (C=O) groups is 1. The smallest absolute Gasteiger partial charge is 0.255 e. The number of aliphatic hydroxyl groups excluding tert-OH is 1. The highest BCUT2D eigenvalue weighted by molar-refractivity contribution is 7.10. The summed E-state index contributed by atoms with van der Waals surface area (Å²) in [6.07, 6.45) is 2.20. The molecule has 2 heterocycles. The summed E-state index contributed by atoms with van der Waals surface area (Å²) in [5.74, 6) is 6.06. The molecule has 3 nitrogen and oxygen atoms in total. The largest absolute Gasteiger partial charge is 0.384 e. The number of amides is 1. The van der Waals surface area contributed by atoms with Crippen LogP contribution in [0.2, 0.25) is 0 Å². The van der Waals surface area contributed by atoms with E-state index in [2.05, 4.69) is 25.7 Å². The molecule has 1 aliphatic heterocycles. The lowest BCUT2D eigenvalue weighted by molar-refractivity contribution is 0.0702. The number of thiophene rings is 1. The Morgan fingerprint density at radius 2 is 2.42 bits per heavy atom. The van der Waals surface area contributed by atoms with Gasteiger partial charge in [-0.1, -0.05) is 25.7 Å². The number of hydrogen-bond donors (Lipinski definition) is 1. The Bertz CT molecular complexity index is 510. The minimum atomic E-state index is -0.150. The number of carbonyl (C=O) groups excluding carboxylic acids is 1. The lowest BCUT2D eigenvalue weighted by Crippen LogP contribution is -2.38. The topological polar surface area (TPSA) is 40.5 Å². The maximum atomic E-state index is 12.5. The van der Waals surface area contributed by atoms with Gasteiger partial charge < -0.3 is 10.0 Å². The maximum absolute atomic E-state index is 12.5. The van der Waals surface area contributed by atoms with Gasteiger partial charge in [0, 0.05) is 18.0 Å². The molecule has 0 saturated carbocycles. The van der Waals surface area contributed by atoms with E-state index in [1.807, 2.05) is 16.3 Å². The quantitative estimate of drug-likeness (QED) is 0.843. The van der Waals surface area contributed by atoms with Crippen LogP contribution in [0, 0.1) is 17.8 Å². The van der Waals surface area contributed by atoms with E-state index in [4.69, 9.17) is 5.11 Å². The lowest BCUT2D eigenvalue weighted by atomic mass is 10.0. The molecular weight excluding hydrogens is 258 g/mol. The average molecular weight is 277 g/mol. The van der Waals surface area contributed by atoms with Gasteiger partial charge >= 0.3 is 0 Å². The van der Waals surface area contributed by atoms with Gasteiger partial charge in [-0.3, -0.25) is 4.79 Å². The molecule has 1 atom stereocenters. The highest BCUT2D eigenvalue weighted by atomic mass is 32.1. The van der Waals surface area contributed by atoms with Gasteiger partial charge in [-0.15, -0.1) is 11.3 Å². The predicted octanol–water partition coefficient (Wildman–Crippen LogP) is 2.35. The van der Waals surface area contributed by atoms with Crippen LogP contribution in [0.15, 0.2) is 11.4 Å². The average Bonchev–Trinajstić information content (AvgIpc) is 3.04. The van der Waals surface area contributed by atoms with Crippen molar-refractivity contribution in [2.45, 2.75) is 32.7 Å². The molecule has 0 aliphatic carbocycles. The molecule has 1 N–H and O–H groups in total. The fraction of sp³-hybridized carbons (Fsp3) is 0.533.